The molecule has 2 rings (SSSR count). The third kappa shape index (κ3) is 5.70. The van der Waals surface area contributed by atoms with Gasteiger partial charge in [0.2, 0.25) is 21.8 Å². The molecule has 0 heterocycles. The lowest BCUT2D eigenvalue weighted by atomic mass is 10.2. The molecule has 0 aliphatic carbocycles. The van der Waals surface area contributed by atoms with E-state index in [0.717, 1.165) is 10.6 Å². The number of amides is 2. The fourth-order valence-corrected chi connectivity index (χ4v) is 3.49. The monoisotopic (exact) mass is 409 g/mol. The minimum absolute atomic E-state index is 0.201. The normalized spacial score (nSPS) is 11.0. The first kappa shape index (κ1) is 20.7. The summed E-state index contributed by atoms with van der Waals surface area (Å²) >= 11 is 6.07. The van der Waals surface area contributed by atoms with Crippen LogP contribution >= 0.6 is 11.6 Å². The van der Waals surface area contributed by atoms with Crippen LogP contribution in [-0.2, 0) is 19.6 Å². The molecule has 7 nitrogen and oxygen atoms in total. The summed E-state index contributed by atoms with van der Waals surface area (Å²) in [5.41, 5.74) is 1.98. The number of nitrogens with one attached hydrogen (secondary N) is 2. The number of benzene rings is 2. The molecule has 2 aromatic rings. The highest BCUT2D eigenvalue weighted by molar-refractivity contribution is 7.92. The first-order valence-corrected chi connectivity index (χ1v) is 10.2. The number of rotatable bonds is 6. The van der Waals surface area contributed by atoms with Gasteiger partial charge in [0.25, 0.3) is 0 Å². The zero-order valence-corrected chi connectivity index (χ0v) is 16.7. The Morgan fingerprint density at radius 2 is 1.59 bits per heavy atom. The minimum Gasteiger partial charge on any atom is -0.326 e. The summed E-state index contributed by atoms with van der Waals surface area (Å²) in [6.45, 7) is 2.69. The van der Waals surface area contributed by atoms with Crippen molar-refractivity contribution in [2.24, 2.45) is 0 Å². The lowest BCUT2D eigenvalue weighted by molar-refractivity contribution is -0.115. The van der Waals surface area contributed by atoms with Gasteiger partial charge >= 0.3 is 0 Å². The molecule has 2 N–H and O–H groups in total. The summed E-state index contributed by atoms with van der Waals surface area (Å²) in [5.74, 6) is -0.709. The van der Waals surface area contributed by atoms with Gasteiger partial charge in [0.15, 0.2) is 0 Å². The van der Waals surface area contributed by atoms with Crippen LogP contribution in [0.3, 0.4) is 0 Å². The van der Waals surface area contributed by atoms with Gasteiger partial charge < -0.3 is 10.6 Å². The summed E-state index contributed by atoms with van der Waals surface area (Å²) < 4.78 is 25.4. The highest BCUT2D eigenvalue weighted by atomic mass is 35.5. The van der Waals surface area contributed by atoms with E-state index in [1.807, 2.05) is 0 Å². The smallest absolute Gasteiger partial charge is 0.245 e. The number of nitrogens with zero attached hydrogens (tertiary/aromatic N) is 1. The maximum absolute atomic E-state index is 12.4. The Morgan fingerprint density at radius 1 is 1.04 bits per heavy atom. The van der Waals surface area contributed by atoms with Gasteiger partial charge in [0.1, 0.15) is 6.54 Å². The SMILES string of the molecule is CC(=O)Nc1ccc(NC(=O)CN(c2cccc(Cl)c2C)S(C)(=O)=O)cc1. The molecule has 0 bridgehead atoms. The van der Waals surface area contributed by atoms with Crippen molar-refractivity contribution < 1.29 is 18.0 Å². The van der Waals surface area contributed by atoms with Crippen molar-refractivity contribution in [3.63, 3.8) is 0 Å². The summed E-state index contributed by atoms with van der Waals surface area (Å²) in [7, 11) is -3.70. The first-order chi connectivity index (χ1) is 12.6. The van der Waals surface area contributed by atoms with Crippen LogP contribution in [0.4, 0.5) is 17.1 Å². The molecule has 2 aromatic carbocycles. The van der Waals surface area contributed by atoms with Gasteiger partial charge in [-0.15, -0.1) is 0 Å². The minimum atomic E-state index is -3.70. The lowest BCUT2D eigenvalue weighted by Crippen LogP contribution is -2.37. The van der Waals surface area contributed by atoms with Gasteiger partial charge in [-0.05, 0) is 48.9 Å². The van der Waals surface area contributed by atoms with Crippen LogP contribution in [0, 0.1) is 6.92 Å². The summed E-state index contributed by atoms with van der Waals surface area (Å²) in [5, 5.41) is 5.67. The highest BCUT2D eigenvalue weighted by Gasteiger charge is 2.23. The molecule has 0 saturated heterocycles. The largest absolute Gasteiger partial charge is 0.326 e. The first-order valence-electron chi connectivity index (χ1n) is 7.98. The second kappa shape index (κ2) is 8.41. The van der Waals surface area contributed by atoms with E-state index in [1.165, 1.54) is 6.92 Å². The molecule has 27 heavy (non-hydrogen) atoms. The zero-order valence-electron chi connectivity index (χ0n) is 15.1. The Labute approximate surface area is 163 Å². The number of carbonyl (C=O) groups is 2. The second-order valence-electron chi connectivity index (χ2n) is 5.96. The molecule has 0 fully saturated rings. The molecule has 0 spiro atoms. The van der Waals surface area contributed by atoms with Crippen molar-refractivity contribution in [1.82, 2.24) is 0 Å². The van der Waals surface area contributed by atoms with Crippen LogP contribution in [0.1, 0.15) is 12.5 Å². The lowest BCUT2D eigenvalue weighted by Gasteiger charge is -2.24. The van der Waals surface area contributed by atoms with E-state index < -0.39 is 22.5 Å². The van der Waals surface area contributed by atoms with Crippen LogP contribution in [0.5, 0.6) is 0 Å². The molecule has 0 radical (unpaired) electrons. The third-order valence-corrected chi connectivity index (χ3v) is 5.22. The molecule has 0 atom stereocenters. The van der Waals surface area contributed by atoms with E-state index in [1.54, 1.807) is 49.4 Å². The molecule has 144 valence electrons. The van der Waals surface area contributed by atoms with Crippen LogP contribution < -0.4 is 14.9 Å². The second-order valence-corrected chi connectivity index (χ2v) is 8.27. The summed E-state index contributed by atoms with van der Waals surface area (Å²) in [6.07, 6.45) is 1.03. The van der Waals surface area contributed by atoms with Gasteiger partial charge in [-0.2, -0.15) is 0 Å². The predicted molar refractivity (Wildman–Crippen MR) is 108 cm³/mol. The van der Waals surface area contributed by atoms with Crippen LogP contribution in [0.25, 0.3) is 0 Å². The average Bonchev–Trinajstić information content (AvgIpc) is 2.56. The molecule has 0 aromatic heterocycles. The van der Waals surface area contributed by atoms with Gasteiger partial charge in [0.05, 0.1) is 11.9 Å². The van der Waals surface area contributed by atoms with E-state index in [-0.39, 0.29) is 5.91 Å². The van der Waals surface area contributed by atoms with Gasteiger partial charge in [-0.1, -0.05) is 17.7 Å². The van der Waals surface area contributed by atoms with Crippen molar-refractivity contribution in [1.29, 1.82) is 0 Å². The number of hydrogen-bond acceptors (Lipinski definition) is 4. The van der Waals surface area contributed by atoms with Crippen molar-refractivity contribution >= 4 is 50.5 Å². The average molecular weight is 410 g/mol. The van der Waals surface area contributed by atoms with E-state index >= 15 is 0 Å². The maximum Gasteiger partial charge on any atom is 0.245 e. The molecule has 0 unspecified atom stereocenters. The van der Waals surface area contributed by atoms with E-state index in [2.05, 4.69) is 10.6 Å². The third-order valence-electron chi connectivity index (χ3n) is 3.68. The number of sulfonamides is 1. The van der Waals surface area contributed by atoms with Crippen molar-refractivity contribution in [3.05, 3.63) is 53.1 Å². The van der Waals surface area contributed by atoms with E-state index in [0.29, 0.717) is 27.6 Å². The predicted octanol–water partition coefficient (Wildman–Crippen LogP) is 3.01. The van der Waals surface area contributed by atoms with Crippen molar-refractivity contribution in [2.45, 2.75) is 13.8 Å². The zero-order chi connectivity index (χ0) is 20.2. The fourth-order valence-electron chi connectivity index (χ4n) is 2.42. The Morgan fingerprint density at radius 3 is 2.11 bits per heavy atom. The standard InChI is InChI=1S/C18H20ClN3O4S/c1-12-16(19)5-4-6-17(12)22(27(3,25)26)11-18(24)21-15-9-7-14(8-10-15)20-13(2)23/h4-10H,11H2,1-3H3,(H,20,23)(H,21,24). The molecule has 0 aliphatic heterocycles. The topological polar surface area (TPSA) is 95.6 Å². The Hall–Kier alpha value is -2.58. The van der Waals surface area contributed by atoms with Gasteiger partial charge in [0, 0.05) is 23.3 Å². The molecule has 9 heteroatoms. The molecular formula is C18H20ClN3O4S. The number of anilines is 3. The van der Waals surface area contributed by atoms with Crippen molar-refractivity contribution in [3.8, 4) is 0 Å². The molecule has 0 aliphatic rings. The Balaban J connectivity index is 2.17. The summed E-state index contributed by atoms with van der Waals surface area (Å²) in [4.78, 5) is 23.4. The number of hydrogen-bond donors (Lipinski definition) is 2. The Bertz CT molecular complexity index is 959. The van der Waals surface area contributed by atoms with E-state index in [4.69, 9.17) is 11.6 Å². The van der Waals surface area contributed by atoms with Gasteiger partial charge in [-0.25, -0.2) is 8.42 Å². The molecular weight excluding hydrogens is 390 g/mol. The highest BCUT2D eigenvalue weighted by Crippen LogP contribution is 2.28. The van der Waals surface area contributed by atoms with Crippen LogP contribution in [0.15, 0.2) is 42.5 Å². The molecule has 2 amide bonds. The number of carbonyl (C=O) groups excluding carboxylic acids is 2. The van der Waals surface area contributed by atoms with E-state index in [9.17, 15) is 18.0 Å². The molecule has 0 saturated carbocycles. The fraction of sp³-hybridized carbons (Fsp3) is 0.222. The van der Waals surface area contributed by atoms with Crippen LogP contribution in [-0.4, -0.2) is 33.0 Å². The summed E-state index contributed by atoms with van der Waals surface area (Å²) in [6, 6.07) is 11.4. The number of halogens is 1. The van der Waals surface area contributed by atoms with Crippen molar-refractivity contribution in [2.75, 3.05) is 27.7 Å². The Kier molecular flexibility index (Phi) is 6.45. The quantitative estimate of drug-likeness (QED) is 0.766. The maximum atomic E-state index is 12.4. The van der Waals surface area contributed by atoms with Crippen LogP contribution in [0.2, 0.25) is 5.02 Å². The van der Waals surface area contributed by atoms with Gasteiger partial charge in [-0.3, -0.25) is 13.9 Å².